The van der Waals surface area contributed by atoms with E-state index in [-0.39, 0.29) is 0 Å². The van der Waals surface area contributed by atoms with Crippen molar-refractivity contribution in [3.05, 3.63) is 0 Å². The Morgan fingerprint density at radius 2 is 1.82 bits per heavy atom. The third-order valence-electron chi connectivity index (χ3n) is 4.71. The molecule has 17 heavy (non-hydrogen) atoms. The van der Waals surface area contributed by atoms with Crippen LogP contribution in [0.3, 0.4) is 0 Å². The minimum absolute atomic E-state index is 0.378. The number of ether oxygens (including phenoxy) is 1. The zero-order chi connectivity index (χ0) is 12.3. The van der Waals surface area contributed by atoms with Crippen molar-refractivity contribution >= 4 is 0 Å². The SMILES string of the molecule is CCNC1CC(OC(C)C)C12CCCCCC2. The summed E-state index contributed by atoms with van der Waals surface area (Å²) in [5.41, 5.74) is 0.469. The van der Waals surface area contributed by atoms with Gasteiger partial charge in [-0.1, -0.05) is 32.6 Å². The van der Waals surface area contributed by atoms with Crippen molar-refractivity contribution in [2.75, 3.05) is 6.54 Å². The van der Waals surface area contributed by atoms with E-state index in [9.17, 15) is 0 Å². The molecule has 2 rings (SSSR count). The molecular formula is C15H29NO. The normalized spacial score (nSPS) is 32.5. The number of hydrogen-bond donors (Lipinski definition) is 1. The molecular weight excluding hydrogens is 210 g/mol. The minimum atomic E-state index is 0.378. The van der Waals surface area contributed by atoms with Gasteiger partial charge in [-0.15, -0.1) is 0 Å². The Morgan fingerprint density at radius 1 is 1.18 bits per heavy atom. The molecule has 2 aliphatic rings. The maximum atomic E-state index is 6.17. The zero-order valence-electron chi connectivity index (χ0n) is 11.8. The standard InChI is InChI=1S/C15H29NO/c1-4-16-13-11-14(17-12(2)3)15(13)9-7-5-6-8-10-15/h12-14,16H,4-11H2,1-3H3. The molecule has 2 heteroatoms. The van der Waals surface area contributed by atoms with Gasteiger partial charge in [-0.05, 0) is 39.7 Å². The quantitative estimate of drug-likeness (QED) is 0.810. The first-order valence-corrected chi connectivity index (χ1v) is 7.58. The summed E-state index contributed by atoms with van der Waals surface area (Å²) in [4.78, 5) is 0. The molecule has 0 heterocycles. The second kappa shape index (κ2) is 5.71. The van der Waals surface area contributed by atoms with Crippen molar-refractivity contribution < 1.29 is 4.74 Å². The molecule has 0 aromatic heterocycles. The van der Waals surface area contributed by atoms with Gasteiger partial charge in [0, 0.05) is 11.5 Å². The van der Waals surface area contributed by atoms with Crippen LogP contribution in [0, 0.1) is 5.41 Å². The van der Waals surface area contributed by atoms with Gasteiger partial charge in [-0.2, -0.15) is 0 Å². The average molecular weight is 239 g/mol. The molecule has 0 aliphatic heterocycles. The molecule has 0 radical (unpaired) electrons. The summed E-state index contributed by atoms with van der Waals surface area (Å²) < 4.78 is 6.17. The van der Waals surface area contributed by atoms with Crippen LogP contribution < -0.4 is 5.32 Å². The molecule has 2 unspecified atom stereocenters. The second-order valence-corrected chi connectivity index (χ2v) is 6.17. The molecule has 2 atom stereocenters. The zero-order valence-corrected chi connectivity index (χ0v) is 11.8. The van der Waals surface area contributed by atoms with Crippen molar-refractivity contribution in [1.82, 2.24) is 5.32 Å². The summed E-state index contributed by atoms with van der Waals surface area (Å²) in [6.45, 7) is 7.66. The molecule has 0 bridgehead atoms. The van der Waals surface area contributed by atoms with Crippen LogP contribution in [0.4, 0.5) is 0 Å². The molecule has 0 aromatic rings. The third-order valence-corrected chi connectivity index (χ3v) is 4.71. The maximum absolute atomic E-state index is 6.17. The van der Waals surface area contributed by atoms with Gasteiger partial charge in [0.2, 0.25) is 0 Å². The second-order valence-electron chi connectivity index (χ2n) is 6.17. The van der Waals surface area contributed by atoms with E-state index >= 15 is 0 Å². The van der Waals surface area contributed by atoms with E-state index < -0.39 is 0 Å². The van der Waals surface area contributed by atoms with Crippen molar-refractivity contribution in [2.24, 2.45) is 5.41 Å². The van der Waals surface area contributed by atoms with Gasteiger partial charge in [0.15, 0.2) is 0 Å². The van der Waals surface area contributed by atoms with Gasteiger partial charge >= 0.3 is 0 Å². The van der Waals surface area contributed by atoms with Crippen LogP contribution in [0.25, 0.3) is 0 Å². The van der Waals surface area contributed by atoms with Crippen LogP contribution in [-0.2, 0) is 4.74 Å². The lowest BCUT2D eigenvalue weighted by Gasteiger charge is -2.56. The number of hydrogen-bond acceptors (Lipinski definition) is 2. The number of rotatable bonds is 4. The van der Waals surface area contributed by atoms with Crippen molar-refractivity contribution in [1.29, 1.82) is 0 Å². The average Bonchev–Trinajstić information content (AvgIpc) is 2.54. The van der Waals surface area contributed by atoms with E-state index in [1.807, 2.05) is 0 Å². The minimum Gasteiger partial charge on any atom is -0.375 e. The Kier molecular flexibility index (Phi) is 4.48. The predicted molar refractivity (Wildman–Crippen MR) is 72.2 cm³/mol. The first kappa shape index (κ1) is 13.4. The van der Waals surface area contributed by atoms with Crippen LogP contribution in [0.5, 0.6) is 0 Å². The lowest BCUT2D eigenvalue weighted by atomic mass is 9.57. The Morgan fingerprint density at radius 3 is 2.35 bits per heavy atom. The summed E-state index contributed by atoms with van der Waals surface area (Å²) in [5, 5.41) is 3.69. The number of nitrogens with one attached hydrogen (secondary N) is 1. The fourth-order valence-electron chi connectivity index (χ4n) is 3.86. The van der Waals surface area contributed by atoms with E-state index in [2.05, 4.69) is 26.1 Å². The monoisotopic (exact) mass is 239 g/mol. The van der Waals surface area contributed by atoms with Gasteiger partial charge in [0.1, 0.15) is 0 Å². The molecule has 2 saturated carbocycles. The molecule has 2 nitrogen and oxygen atoms in total. The topological polar surface area (TPSA) is 21.3 Å². The van der Waals surface area contributed by atoms with Gasteiger partial charge < -0.3 is 10.1 Å². The van der Waals surface area contributed by atoms with E-state index in [0.717, 1.165) is 6.54 Å². The van der Waals surface area contributed by atoms with E-state index in [4.69, 9.17) is 4.74 Å². The van der Waals surface area contributed by atoms with Crippen molar-refractivity contribution in [3.8, 4) is 0 Å². The third kappa shape index (κ3) is 2.68. The van der Waals surface area contributed by atoms with Crippen LogP contribution >= 0.6 is 0 Å². The van der Waals surface area contributed by atoms with Crippen molar-refractivity contribution in [2.45, 2.75) is 84.0 Å². The van der Waals surface area contributed by atoms with E-state index in [0.29, 0.717) is 23.7 Å². The lowest BCUT2D eigenvalue weighted by Crippen LogP contribution is -2.64. The van der Waals surface area contributed by atoms with Gasteiger partial charge in [0.25, 0.3) is 0 Å². The van der Waals surface area contributed by atoms with Crippen LogP contribution in [0.2, 0.25) is 0 Å². The Bertz CT molecular complexity index is 231. The smallest absolute Gasteiger partial charge is 0.0664 e. The van der Waals surface area contributed by atoms with Crippen LogP contribution in [0.1, 0.15) is 65.7 Å². The maximum Gasteiger partial charge on any atom is 0.0664 e. The fraction of sp³-hybridized carbons (Fsp3) is 1.00. The Hall–Kier alpha value is -0.0800. The lowest BCUT2D eigenvalue weighted by molar-refractivity contribution is -0.161. The van der Waals surface area contributed by atoms with Gasteiger partial charge in [0.05, 0.1) is 12.2 Å². The van der Waals surface area contributed by atoms with Crippen LogP contribution in [-0.4, -0.2) is 24.8 Å². The highest BCUT2D eigenvalue weighted by molar-refractivity contribution is 5.08. The van der Waals surface area contributed by atoms with E-state index in [1.165, 1.54) is 44.9 Å². The molecule has 0 amide bonds. The first-order chi connectivity index (χ1) is 8.19. The highest BCUT2D eigenvalue weighted by atomic mass is 16.5. The summed E-state index contributed by atoms with van der Waals surface area (Å²) in [5.74, 6) is 0. The predicted octanol–water partition coefficient (Wildman–Crippen LogP) is 3.50. The molecule has 2 aliphatic carbocycles. The van der Waals surface area contributed by atoms with E-state index in [1.54, 1.807) is 0 Å². The largest absolute Gasteiger partial charge is 0.375 e. The highest BCUT2D eigenvalue weighted by Crippen LogP contribution is 2.52. The van der Waals surface area contributed by atoms with Gasteiger partial charge in [-0.3, -0.25) is 0 Å². The molecule has 1 spiro atoms. The molecule has 100 valence electrons. The van der Waals surface area contributed by atoms with Crippen LogP contribution in [0.15, 0.2) is 0 Å². The summed E-state index contributed by atoms with van der Waals surface area (Å²) in [6, 6.07) is 0.717. The fourth-order valence-corrected chi connectivity index (χ4v) is 3.86. The molecule has 1 N–H and O–H groups in total. The summed E-state index contributed by atoms with van der Waals surface area (Å²) >= 11 is 0. The summed E-state index contributed by atoms with van der Waals surface area (Å²) in [7, 11) is 0. The Labute approximate surface area is 107 Å². The summed E-state index contributed by atoms with van der Waals surface area (Å²) in [6.07, 6.45) is 10.5. The van der Waals surface area contributed by atoms with Crippen molar-refractivity contribution in [3.63, 3.8) is 0 Å². The highest BCUT2D eigenvalue weighted by Gasteiger charge is 2.54. The molecule has 0 aromatic carbocycles. The molecule has 2 fully saturated rings. The van der Waals surface area contributed by atoms with Gasteiger partial charge in [-0.25, -0.2) is 0 Å². The first-order valence-electron chi connectivity index (χ1n) is 7.58. The Balaban J connectivity index is 2.03. The molecule has 0 saturated heterocycles.